The van der Waals surface area contributed by atoms with Gasteiger partial charge in [0.05, 0.1) is 16.0 Å². The van der Waals surface area contributed by atoms with Crippen LogP contribution in [0.2, 0.25) is 0 Å². The van der Waals surface area contributed by atoms with Gasteiger partial charge >= 0.3 is 12.4 Å². The molecule has 1 aromatic heterocycles. The van der Waals surface area contributed by atoms with Crippen molar-refractivity contribution in [3.63, 3.8) is 0 Å². The van der Waals surface area contributed by atoms with E-state index in [4.69, 9.17) is 0 Å². The van der Waals surface area contributed by atoms with E-state index in [-0.39, 0.29) is 31.0 Å². The van der Waals surface area contributed by atoms with Gasteiger partial charge in [0, 0.05) is 36.4 Å². The van der Waals surface area contributed by atoms with Crippen molar-refractivity contribution in [3.8, 4) is 0 Å². The van der Waals surface area contributed by atoms with E-state index in [1.165, 1.54) is 16.2 Å². The first-order valence-electron chi connectivity index (χ1n) is 12.8. The minimum absolute atomic E-state index is 0.0226. The van der Waals surface area contributed by atoms with E-state index in [0.29, 0.717) is 48.9 Å². The van der Waals surface area contributed by atoms with Crippen molar-refractivity contribution < 1.29 is 35.9 Å². The molecule has 4 nitrogen and oxygen atoms in total. The normalized spacial score (nSPS) is 18.1. The Balaban J connectivity index is 1.18. The number of carbonyl (C=O) groups is 2. The minimum atomic E-state index is -5.00. The van der Waals surface area contributed by atoms with Crippen LogP contribution in [0.5, 0.6) is 0 Å². The monoisotopic (exact) mass is 568 g/mol. The van der Waals surface area contributed by atoms with E-state index in [9.17, 15) is 35.9 Å². The number of nitrogens with zero attached hydrogens (tertiary/aromatic N) is 2. The van der Waals surface area contributed by atoms with Gasteiger partial charge in [0.15, 0.2) is 0 Å². The largest absolute Gasteiger partial charge is 0.416 e. The third kappa shape index (κ3) is 5.92. The Labute approximate surface area is 225 Å². The number of alkyl halides is 6. The van der Waals surface area contributed by atoms with Gasteiger partial charge in [-0.15, -0.1) is 11.3 Å². The number of hydrogen-bond donors (Lipinski definition) is 0. The number of fused-ring (bicyclic) bond motifs is 1. The summed E-state index contributed by atoms with van der Waals surface area (Å²) in [5.41, 5.74) is -3.59. The summed E-state index contributed by atoms with van der Waals surface area (Å²) >= 11 is 1.48. The Hall–Kier alpha value is -3.08. The molecule has 0 unspecified atom stereocenters. The lowest BCUT2D eigenvalue weighted by atomic mass is 9.78. The van der Waals surface area contributed by atoms with Crippen LogP contribution >= 0.6 is 11.3 Å². The molecule has 39 heavy (non-hydrogen) atoms. The summed E-state index contributed by atoms with van der Waals surface area (Å²) in [6.45, 7) is 1.78. The number of halogens is 6. The van der Waals surface area contributed by atoms with Crippen LogP contribution in [-0.4, -0.2) is 47.8 Å². The summed E-state index contributed by atoms with van der Waals surface area (Å²) in [4.78, 5) is 29.9. The number of rotatable bonds is 3. The van der Waals surface area contributed by atoms with Gasteiger partial charge in [-0.2, -0.15) is 26.3 Å². The molecule has 2 aliphatic rings. The molecule has 2 amide bonds. The van der Waals surface area contributed by atoms with Crippen LogP contribution in [0.3, 0.4) is 0 Å². The zero-order chi connectivity index (χ0) is 27.9. The van der Waals surface area contributed by atoms with Crippen LogP contribution in [0.1, 0.15) is 56.8 Å². The molecule has 2 aromatic carbocycles. The highest BCUT2D eigenvalue weighted by Gasteiger charge is 2.39. The van der Waals surface area contributed by atoms with Crippen LogP contribution in [0.4, 0.5) is 26.3 Å². The molecule has 3 heterocycles. The maximum Gasteiger partial charge on any atom is 0.416 e. The fourth-order valence-electron chi connectivity index (χ4n) is 5.65. The predicted octanol–water partition coefficient (Wildman–Crippen LogP) is 7.34. The lowest BCUT2D eigenvalue weighted by Crippen LogP contribution is -2.44. The van der Waals surface area contributed by atoms with E-state index < -0.39 is 35.0 Å². The third-order valence-electron chi connectivity index (χ3n) is 7.79. The smallest absolute Gasteiger partial charge is 0.339 e. The van der Waals surface area contributed by atoms with Crippen molar-refractivity contribution in [1.29, 1.82) is 0 Å². The summed E-state index contributed by atoms with van der Waals surface area (Å²) < 4.78 is 80.3. The van der Waals surface area contributed by atoms with Gasteiger partial charge in [-0.25, -0.2) is 0 Å². The van der Waals surface area contributed by atoms with Crippen LogP contribution in [-0.2, 0) is 12.4 Å². The van der Waals surface area contributed by atoms with Crippen molar-refractivity contribution in [2.24, 2.45) is 11.8 Å². The molecule has 0 saturated carbocycles. The first-order chi connectivity index (χ1) is 18.4. The lowest BCUT2D eigenvalue weighted by molar-refractivity contribution is -0.143. The fourth-order valence-corrected chi connectivity index (χ4v) is 6.68. The first-order valence-corrected chi connectivity index (χ1v) is 13.6. The average Bonchev–Trinajstić information content (AvgIpc) is 3.36. The Morgan fingerprint density at radius 1 is 0.692 bits per heavy atom. The van der Waals surface area contributed by atoms with Crippen molar-refractivity contribution in [3.05, 3.63) is 70.1 Å². The SMILES string of the molecule is O=C(c1cc(C(F)(F)F)cc(C(F)(F)F)c1)N1CCC(C2CCN(C(=O)c3cc4ccccc4s3)CC2)CC1. The Morgan fingerprint density at radius 3 is 1.67 bits per heavy atom. The van der Waals surface area contributed by atoms with E-state index >= 15 is 0 Å². The van der Waals surface area contributed by atoms with Crippen LogP contribution in [0.25, 0.3) is 10.1 Å². The number of piperidine rings is 2. The molecule has 0 spiro atoms. The van der Waals surface area contributed by atoms with Crippen molar-refractivity contribution in [2.45, 2.75) is 38.0 Å². The number of thiophene rings is 1. The van der Waals surface area contributed by atoms with Crippen molar-refractivity contribution in [1.82, 2.24) is 9.80 Å². The van der Waals surface area contributed by atoms with Gasteiger partial charge < -0.3 is 9.80 Å². The second kappa shape index (κ2) is 10.5. The van der Waals surface area contributed by atoms with Crippen LogP contribution in [0.15, 0.2) is 48.5 Å². The molecule has 2 saturated heterocycles. The van der Waals surface area contributed by atoms with E-state index in [1.54, 1.807) is 0 Å². The van der Waals surface area contributed by atoms with Gasteiger partial charge in [0.2, 0.25) is 0 Å². The number of carbonyl (C=O) groups excluding carboxylic acids is 2. The molecule has 0 aliphatic carbocycles. The standard InChI is InChI=1S/C28H26F6N2O2S/c29-27(30,31)21-13-20(14-22(16-21)28(32,33)34)25(37)35-9-5-17(6-10-35)18-7-11-36(12-8-18)26(38)24-15-19-3-1-2-4-23(19)39-24/h1-4,13-18H,5-12H2. The van der Waals surface area contributed by atoms with Gasteiger partial charge in [-0.1, -0.05) is 18.2 Å². The summed E-state index contributed by atoms with van der Waals surface area (Å²) in [5, 5.41) is 1.04. The quantitative estimate of drug-likeness (QED) is 0.310. The Kier molecular flexibility index (Phi) is 7.39. The summed E-state index contributed by atoms with van der Waals surface area (Å²) in [5.74, 6) is -0.176. The van der Waals surface area contributed by atoms with E-state index in [2.05, 4.69) is 0 Å². The van der Waals surface area contributed by atoms with E-state index in [1.807, 2.05) is 35.2 Å². The van der Waals surface area contributed by atoms with Crippen LogP contribution < -0.4 is 0 Å². The minimum Gasteiger partial charge on any atom is -0.339 e. The maximum absolute atomic E-state index is 13.2. The summed E-state index contributed by atoms with van der Waals surface area (Å²) in [6.07, 6.45) is -7.14. The fraction of sp³-hybridized carbons (Fsp3) is 0.429. The lowest BCUT2D eigenvalue weighted by Gasteiger charge is -2.40. The number of benzene rings is 2. The van der Waals surface area contributed by atoms with Crippen molar-refractivity contribution >= 4 is 33.2 Å². The van der Waals surface area contributed by atoms with Gasteiger partial charge in [-0.05, 0) is 73.2 Å². The maximum atomic E-state index is 13.2. The summed E-state index contributed by atoms with van der Waals surface area (Å²) in [7, 11) is 0. The predicted molar refractivity (Wildman–Crippen MR) is 136 cm³/mol. The van der Waals surface area contributed by atoms with Gasteiger partial charge in [0.1, 0.15) is 0 Å². The molecule has 5 rings (SSSR count). The topological polar surface area (TPSA) is 40.6 Å². The molecule has 0 N–H and O–H groups in total. The molecule has 0 bridgehead atoms. The third-order valence-corrected chi connectivity index (χ3v) is 8.90. The second-order valence-electron chi connectivity index (χ2n) is 10.2. The Bertz CT molecular complexity index is 1300. The molecule has 2 aliphatic heterocycles. The van der Waals surface area contributed by atoms with Gasteiger partial charge in [-0.3, -0.25) is 9.59 Å². The second-order valence-corrected chi connectivity index (χ2v) is 11.3. The molecule has 3 aromatic rings. The van der Waals surface area contributed by atoms with E-state index in [0.717, 1.165) is 22.9 Å². The molecule has 0 radical (unpaired) electrons. The highest BCUT2D eigenvalue weighted by Crippen LogP contribution is 2.38. The first kappa shape index (κ1) is 27.5. The molecule has 208 valence electrons. The van der Waals surface area contributed by atoms with Crippen LogP contribution in [0, 0.1) is 11.8 Å². The van der Waals surface area contributed by atoms with Crippen molar-refractivity contribution in [2.75, 3.05) is 26.2 Å². The molecule has 11 heteroatoms. The summed E-state index contributed by atoms with van der Waals surface area (Å²) in [6, 6.07) is 10.8. The zero-order valence-electron chi connectivity index (χ0n) is 20.8. The molecule has 0 atom stereocenters. The molecular formula is C28H26F6N2O2S. The zero-order valence-corrected chi connectivity index (χ0v) is 21.6. The average molecular weight is 569 g/mol. The number of amides is 2. The highest BCUT2D eigenvalue weighted by atomic mass is 32.1. The molecular weight excluding hydrogens is 542 g/mol. The number of hydrogen-bond acceptors (Lipinski definition) is 3. The Morgan fingerprint density at radius 2 is 1.18 bits per heavy atom. The van der Waals surface area contributed by atoms with Gasteiger partial charge in [0.25, 0.3) is 11.8 Å². The number of likely N-dealkylation sites (tertiary alicyclic amines) is 2. The molecule has 2 fully saturated rings. The highest BCUT2D eigenvalue weighted by molar-refractivity contribution is 7.20.